The van der Waals surface area contributed by atoms with Gasteiger partial charge in [-0.3, -0.25) is 14.5 Å². The minimum absolute atomic E-state index is 0.0458. The number of anilines is 2. The average molecular weight is 464 g/mol. The zero-order chi connectivity index (χ0) is 20.8. The third-order valence-corrected chi connectivity index (χ3v) is 5.39. The number of hydrogen-bond acceptors (Lipinski definition) is 4. The number of amides is 2. The van der Waals surface area contributed by atoms with E-state index >= 15 is 0 Å². The molecule has 1 fully saturated rings. The number of halogens is 2. The predicted molar refractivity (Wildman–Crippen MR) is 114 cm³/mol. The van der Waals surface area contributed by atoms with Crippen LogP contribution < -0.4 is 15.4 Å². The molecular weight excluding hydrogens is 441 g/mol. The number of para-hydroxylation sites is 2. The van der Waals surface area contributed by atoms with Crippen molar-refractivity contribution in [3.63, 3.8) is 0 Å². The second-order valence-electron chi connectivity index (χ2n) is 6.91. The third-order valence-electron chi connectivity index (χ3n) is 4.90. The highest BCUT2D eigenvalue weighted by Crippen LogP contribution is 2.26. The number of piperidine rings is 1. The quantitative estimate of drug-likeness (QED) is 0.681. The molecule has 1 heterocycles. The molecule has 29 heavy (non-hydrogen) atoms. The van der Waals surface area contributed by atoms with Gasteiger partial charge in [0, 0.05) is 10.4 Å². The number of likely N-dealkylation sites (tertiary alicyclic amines) is 1. The molecule has 3 rings (SSSR count). The van der Waals surface area contributed by atoms with E-state index in [2.05, 4.69) is 26.6 Å². The molecule has 0 unspecified atom stereocenters. The molecule has 0 bridgehead atoms. The lowest BCUT2D eigenvalue weighted by atomic mass is 9.95. The van der Waals surface area contributed by atoms with E-state index in [-0.39, 0.29) is 30.0 Å². The van der Waals surface area contributed by atoms with Gasteiger partial charge in [0.1, 0.15) is 11.6 Å². The number of methoxy groups -OCH3 is 1. The van der Waals surface area contributed by atoms with E-state index in [0.29, 0.717) is 41.8 Å². The van der Waals surface area contributed by atoms with Crippen molar-refractivity contribution in [2.75, 3.05) is 37.4 Å². The van der Waals surface area contributed by atoms with Gasteiger partial charge in [-0.25, -0.2) is 4.39 Å². The maximum atomic E-state index is 13.9. The standard InChI is InChI=1S/C21H23BrFN3O3/c1-29-19-5-3-2-4-18(19)25-21(28)14-8-10-26(11-9-14)13-20(27)24-17-7-6-15(22)12-16(17)23/h2-7,12,14H,8-11,13H2,1H3,(H,24,27)(H,25,28). The van der Waals surface area contributed by atoms with E-state index in [0.717, 1.165) is 0 Å². The lowest BCUT2D eigenvalue weighted by Gasteiger charge is -2.30. The second-order valence-corrected chi connectivity index (χ2v) is 7.83. The highest BCUT2D eigenvalue weighted by Gasteiger charge is 2.26. The van der Waals surface area contributed by atoms with Gasteiger partial charge in [-0.05, 0) is 56.3 Å². The van der Waals surface area contributed by atoms with E-state index in [1.807, 2.05) is 17.0 Å². The van der Waals surface area contributed by atoms with E-state index in [1.54, 1.807) is 25.3 Å². The molecule has 154 valence electrons. The van der Waals surface area contributed by atoms with Crippen LogP contribution in [0.15, 0.2) is 46.9 Å². The van der Waals surface area contributed by atoms with Gasteiger partial charge in [0.2, 0.25) is 11.8 Å². The molecular formula is C21H23BrFN3O3. The van der Waals surface area contributed by atoms with Gasteiger partial charge < -0.3 is 15.4 Å². The molecule has 1 aliphatic heterocycles. The SMILES string of the molecule is COc1ccccc1NC(=O)C1CCN(CC(=O)Nc2ccc(Br)cc2F)CC1. The van der Waals surface area contributed by atoms with E-state index in [9.17, 15) is 14.0 Å². The van der Waals surface area contributed by atoms with Crippen molar-refractivity contribution in [3.8, 4) is 5.75 Å². The van der Waals surface area contributed by atoms with E-state index < -0.39 is 5.82 Å². The van der Waals surface area contributed by atoms with E-state index in [4.69, 9.17) is 4.74 Å². The Morgan fingerprint density at radius 3 is 2.55 bits per heavy atom. The Kier molecular flexibility index (Phi) is 7.22. The summed E-state index contributed by atoms with van der Waals surface area (Å²) in [5, 5.41) is 5.52. The molecule has 2 N–H and O–H groups in total. The molecule has 0 aromatic heterocycles. The van der Waals surface area contributed by atoms with Crippen molar-refractivity contribution in [2.45, 2.75) is 12.8 Å². The number of ether oxygens (including phenoxy) is 1. The van der Waals surface area contributed by atoms with E-state index in [1.165, 1.54) is 12.1 Å². The maximum absolute atomic E-state index is 13.9. The highest BCUT2D eigenvalue weighted by atomic mass is 79.9. The van der Waals surface area contributed by atoms with Crippen LogP contribution in [0, 0.1) is 11.7 Å². The Morgan fingerprint density at radius 2 is 1.86 bits per heavy atom. The summed E-state index contributed by atoms with van der Waals surface area (Å²) in [5.74, 6) is -0.309. The summed E-state index contributed by atoms with van der Waals surface area (Å²) in [7, 11) is 1.56. The number of nitrogens with zero attached hydrogens (tertiary/aromatic N) is 1. The van der Waals surface area contributed by atoms with Crippen molar-refractivity contribution < 1.29 is 18.7 Å². The summed E-state index contributed by atoms with van der Waals surface area (Å²) in [5.41, 5.74) is 0.808. The Hall–Kier alpha value is -2.45. The first kappa shape index (κ1) is 21.3. The number of carbonyl (C=O) groups is 2. The largest absolute Gasteiger partial charge is 0.495 e. The first-order valence-electron chi connectivity index (χ1n) is 9.37. The van der Waals surface area contributed by atoms with Crippen LogP contribution in [0.2, 0.25) is 0 Å². The van der Waals surface area contributed by atoms with Crippen LogP contribution in [0.4, 0.5) is 15.8 Å². The monoisotopic (exact) mass is 463 g/mol. The molecule has 6 nitrogen and oxygen atoms in total. The summed E-state index contributed by atoms with van der Waals surface area (Å²) in [4.78, 5) is 26.8. The van der Waals surface area contributed by atoms with Crippen molar-refractivity contribution >= 4 is 39.1 Å². The Labute approximate surface area is 177 Å². The average Bonchev–Trinajstić information content (AvgIpc) is 2.71. The van der Waals surface area contributed by atoms with Crippen molar-refractivity contribution in [1.29, 1.82) is 0 Å². The fraction of sp³-hybridized carbons (Fsp3) is 0.333. The highest BCUT2D eigenvalue weighted by molar-refractivity contribution is 9.10. The molecule has 0 radical (unpaired) electrons. The first-order chi connectivity index (χ1) is 14.0. The van der Waals surface area contributed by atoms with Crippen LogP contribution in [-0.2, 0) is 9.59 Å². The second kappa shape index (κ2) is 9.84. The Morgan fingerprint density at radius 1 is 1.14 bits per heavy atom. The maximum Gasteiger partial charge on any atom is 0.238 e. The number of benzene rings is 2. The first-order valence-corrected chi connectivity index (χ1v) is 10.2. The zero-order valence-electron chi connectivity index (χ0n) is 16.1. The van der Waals surface area contributed by atoms with Gasteiger partial charge in [0.05, 0.1) is 25.0 Å². The summed E-state index contributed by atoms with van der Waals surface area (Å²) in [6.45, 7) is 1.41. The van der Waals surface area contributed by atoms with Crippen LogP contribution >= 0.6 is 15.9 Å². The van der Waals surface area contributed by atoms with Gasteiger partial charge in [0.15, 0.2) is 0 Å². The fourth-order valence-electron chi connectivity index (χ4n) is 3.32. The fourth-order valence-corrected chi connectivity index (χ4v) is 3.65. The molecule has 1 aliphatic rings. The van der Waals surface area contributed by atoms with Crippen LogP contribution in [0.5, 0.6) is 5.75 Å². The number of nitrogens with one attached hydrogen (secondary N) is 2. The van der Waals surface area contributed by atoms with Crippen LogP contribution in [0.1, 0.15) is 12.8 Å². The zero-order valence-corrected chi connectivity index (χ0v) is 17.7. The molecule has 0 atom stereocenters. The molecule has 0 aliphatic carbocycles. The summed E-state index contributed by atoms with van der Waals surface area (Å²) in [6, 6.07) is 11.8. The lowest BCUT2D eigenvalue weighted by molar-refractivity contribution is -0.121. The topological polar surface area (TPSA) is 70.7 Å². The molecule has 1 saturated heterocycles. The van der Waals surface area contributed by atoms with Crippen LogP contribution in [-0.4, -0.2) is 43.5 Å². The summed E-state index contributed by atoms with van der Waals surface area (Å²) in [6.07, 6.45) is 1.31. The minimum atomic E-state index is -0.487. The molecule has 2 aromatic carbocycles. The minimum Gasteiger partial charge on any atom is -0.495 e. The smallest absolute Gasteiger partial charge is 0.238 e. The predicted octanol–water partition coefficient (Wildman–Crippen LogP) is 3.89. The van der Waals surface area contributed by atoms with Gasteiger partial charge in [-0.15, -0.1) is 0 Å². The summed E-state index contributed by atoms with van der Waals surface area (Å²) >= 11 is 3.19. The normalized spacial score (nSPS) is 15.0. The molecule has 2 aromatic rings. The van der Waals surface area contributed by atoms with Crippen molar-refractivity contribution in [3.05, 3.63) is 52.8 Å². The summed E-state index contributed by atoms with van der Waals surface area (Å²) < 4.78 is 19.7. The number of rotatable bonds is 6. The number of carbonyl (C=O) groups excluding carboxylic acids is 2. The van der Waals surface area contributed by atoms with Gasteiger partial charge in [-0.1, -0.05) is 28.1 Å². The van der Waals surface area contributed by atoms with Crippen LogP contribution in [0.3, 0.4) is 0 Å². The van der Waals surface area contributed by atoms with Gasteiger partial charge in [-0.2, -0.15) is 0 Å². The number of hydrogen-bond donors (Lipinski definition) is 2. The molecule has 0 saturated carbocycles. The third kappa shape index (κ3) is 5.77. The van der Waals surface area contributed by atoms with Crippen LogP contribution in [0.25, 0.3) is 0 Å². The Balaban J connectivity index is 1.47. The van der Waals surface area contributed by atoms with Crippen molar-refractivity contribution in [2.24, 2.45) is 5.92 Å². The Bertz CT molecular complexity index is 885. The molecule has 2 amide bonds. The molecule has 8 heteroatoms. The van der Waals surface area contributed by atoms with Crippen molar-refractivity contribution in [1.82, 2.24) is 4.90 Å². The molecule has 0 spiro atoms. The lowest BCUT2D eigenvalue weighted by Crippen LogP contribution is -2.41. The van der Waals surface area contributed by atoms with Gasteiger partial charge >= 0.3 is 0 Å². The van der Waals surface area contributed by atoms with Gasteiger partial charge in [0.25, 0.3) is 0 Å².